The second kappa shape index (κ2) is 6.31. The molecule has 0 fully saturated rings. The molecule has 1 N–H and O–H groups in total. The van der Waals surface area contributed by atoms with Gasteiger partial charge in [-0.2, -0.15) is 10.5 Å². The van der Waals surface area contributed by atoms with Gasteiger partial charge >= 0.3 is 0 Å². The van der Waals surface area contributed by atoms with E-state index in [4.69, 9.17) is 10.5 Å². The summed E-state index contributed by atoms with van der Waals surface area (Å²) in [6, 6.07) is 15.9. The first-order valence-electron chi connectivity index (χ1n) is 6.11. The van der Waals surface area contributed by atoms with E-state index in [0.29, 0.717) is 5.56 Å². The first-order chi connectivity index (χ1) is 10.2. The molecule has 0 aliphatic heterocycles. The van der Waals surface area contributed by atoms with Crippen LogP contribution in [-0.2, 0) is 4.79 Å². The smallest absolute Gasteiger partial charge is 0.246 e. The Hall–Kier alpha value is -3.18. The minimum absolute atomic E-state index is 0.0600. The summed E-state index contributed by atoms with van der Waals surface area (Å²) >= 11 is 0. The molecule has 1 atom stereocenters. The third kappa shape index (κ3) is 3.23. The monoisotopic (exact) mass is 279 g/mol. The van der Waals surface area contributed by atoms with Gasteiger partial charge in [0, 0.05) is 0 Å². The number of nitrogens with one attached hydrogen (secondary N) is 1. The zero-order chi connectivity index (χ0) is 15.2. The van der Waals surface area contributed by atoms with Gasteiger partial charge in [-0.3, -0.25) is 4.79 Å². The van der Waals surface area contributed by atoms with Crippen molar-refractivity contribution < 1.29 is 9.18 Å². The molecule has 0 saturated heterocycles. The van der Waals surface area contributed by atoms with Crippen molar-refractivity contribution >= 4 is 11.6 Å². The molecular weight excluding hydrogens is 269 g/mol. The van der Waals surface area contributed by atoms with Crippen LogP contribution in [0.4, 0.5) is 10.1 Å². The van der Waals surface area contributed by atoms with Crippen molar-refractivity contribution in [3.05, 3.63) is 65.5 Å². The molecule has 21 heavy (non-hydrogen) atoms. The molecule has 0 aliphatic carbocycles. The van der Waals surface area contributed by atoms with E-state index in [0.717, 1.165) is 6.07 Å². The number of amides is 1. The van der Waals surface area contributed by atoms with E-state index >= 15 is 0 Å². The number of rotatable bonds is 3. The Morgan fingerprint density at radius 2 is 1.86 bits per heavy atom. The Morgan fingerprint density at radius 1 is 1.14 bits per heavy atom. The molecule has 2 aromatic rings. The Kier molecular flexibility index (Phi) is 4.28. The number of nitriles is 2. The van der Waals surface area contributed by atoms with Crippen molar-refractivity contribution in [3.8, 4) is 12.1 Å². The number of benzene rings is 2. The molecule has 4 nitrogen and oxygen atoms in total. The van der Waals surface area contributed by atoms with Crippen LogP contribution >= 0.6 is 0 Å². The van der Waals surface area contributed by atoms with E-state index in [-0.39, 0.29) is 11.3 Å². The van der Waals surface area contributed by atoms with Crippen molar-refractivity contribution in [2.45, 2.75) is 5.92 Å². The largest absolute Gasteiger partial charge is 0.322 e. The second-order valence-electron chi connectivity index (χ2n) is 4.27. The highest BCUT2D eigenvalue weighted by Crippen LogP contribution is 2.20. The van der Waals surface area contributed by atoms with E-state index in [1.807, 2.05) is 6.07 Å². The quantitative estimate of drug-likeness (QED) is 0.938. The van der Waals surface area contributed by atoms with Gasteiger partial charge in [-0.1, -0.05) is 30.3 Å². The minimum atomic E-state index is -1.03. The third-order valence-corrected chi connectivity index (χ3v) is 2.88. The van der Waals surface area contributed by atoms with Crippen LogP contribution in [0.2, 0.25) is 0 Å². The highest BCUT2D eigenvalue weighted by atomic mass is 19.1. The van der Waals surface area contributed by atoms with E-state index < -0.39 is 17.6 Å². The lowest BCUT2D eigenvalue weighted by atomic mass is 10.00. The summed E-state index contributed by atoms with van der Waals surface area (Å²) in [6.45, 7) is 0. The van der Waals surface area contributed by atoms with Crippen LogP contribution in [0.3, 0.4) is 0 Å². The molecule has 0 bridgehead atoms. The first-order valence-corrected chi connectivity index (χ1v) is 6.11. The summed E-state index contributed by atoms with van der Waals surface area (Å²) in [5, 5.41) is 20.2. The summed E-state index contributed by atoms with van der Waals surface area (Å²) < 4.78 is 13.7. The molecule has 1 unspecified atom stereocenters. The molecule has 0 aliphatic rings. The number of hydrogen-bond donors (Lipinski definition) is 1. The molecule has 0 spiro atoms. The molecule has 0 aromatic heterocycles. The van der Waals surface area contributed by atoms with Crippen LogP contribution in [0, 0.1) is 28.5 Å². The normalized spacial score (nSPS) is 11.0. The van der Waals surface area contributed by atoms with Crippen LogP contribution in [0.15, 0.2) is 48.5 Å². The molecule has 5 heteroatoms. The van der Waals surface area contributed by atoms with Gasteiger partial charge in [-0.05, 0) is 23.8 Å². The van der Waals surface area contributed by atoms with Crippen LogP contribution < -0.4 is 5.32 Å². The van der Waals surface area contributed by atoms with Crippen LogP contribution in [0.25, 0.3) is 0 Å². The van der Waals surface area contributed by atoms with Gasteiger partial charge < -0.3 is 5.32 Å². The number of halogens is 1. The average molecular weight is 279 g/mol. The lowest BCUT2D eigenvalue weighted by Gasteiger charge is -2.11. The van der Waals surface area contributed by atoms with Gasteiger partial charge in [0.1, 0.15) is 5.82 Å². The fraction of sp³-hybridized carbons (Fsp3) is 0.0625. The number of carbonyl (C=O) groups excluding carboxylic acids is 1. The maximum absolute atomic E-state index is 13.7. The molecule has 2 rings (SSSR count). The predicted molar refractivity (Wildman–Crippen MR) is 74.5 cm³/mol. The van der Waals surface area contributed by atoms with E-state index in [9.17, 15) is 9.18 Å². The van der Waals surface area contributed by atoms with Gasteiger partial charge in [0.25, 0.3) is 0 Å². The molecule has 1 amide bonds. The lowest BCUT2D eigenvalue weighted by molar-refractivity contribution is -0.116. The average Bonchev–Trinajstić information content (AvgIpc) is 2.51. The van der Waals surface area contributed by atoms with Crippen LogP contribution in [0.5, 0.6) is 0 Å². The number of hydrogen-bond acceptors (Lipinski definition) is 3. The van der Waals surface area contributed by atoms with Gasteiger partial charge in [0.15, 0.2) is 5.92 Å². The molecular formula is C16H10FN3O. The zero-order valence-electron chi connectivity index (χ0n) is 10.9. The summed E-state index contributed by atoms with van der Waals surface area (Å²) in [7, 11) is 0. The maximum atomic E-state index is 13.7. The van der Waals surface area contributed by atoms with E-state index in [1.165, 1.54) is 12.1 Å². The Bertz CT molecular complexity index is 744. The molecule has 2 aromatic carbocycles. The SMILES string of the molecule is N#Cc1ccc(NC(=O)C(C#N)c2ccccc2)c(F)c1. The van der Waals surface area contributed by atoms with Crippen LogP contribution in [0.1, 0.15) is 17.0 Å². The highest BCUT2D eigenvalue weighted by molar-refractivity contribution is 5.97. The first kappa shape index (κ1) is 14.2. The zero-order valence-corrected chi connectivity index (χ0v) is 10.9. The van der Waals surface area contributed by atoms with Crippen molar-refractivity contribution in [2.24, 2.45) is 0 Å². The Labute approximate surface area is 121 Å². The second-order valence-corrected chi connectivity index (χ2v) is 4.27. The lowest BCUT2D eigenvalue weighted by Crippen LogP contribution is -2.20. The fourth-order valence-corrected chi connectivity index (χ4v) is 1.82. The Morgan fingerprint density at radius 3 is 2.43 bits per heavy atom. The molecule has 0 radical (unpaired) electrons. The Balaban J connectivity index is 2.22. The summed E-state index contributed by atoms with van der Waals surface area (Å²) in [6.07, 6.45) is 0. The maximum Gasteiger partial charge on any atom is 0.246 e. The van der Waals surface area contributed by atoms with Crippen molar-refractivity contribution in [3.63, 3.8) is 0 Å². The topological polar surface area (TPSA) is 76.7 Å². The van der Waals surface area contributed by atoms with Gasteiger partial charge in [-0.15, -0.1) is 0 Å². The van der Waals surface area contributed by atoms with Crippen LogP contribution in [-0.4, -0.2) is 5.91 Å². The van der Waals surface area contributed by atoms with Crippen molar-refractivity contribution in [1.82, 2.24) is 0 Å². The highest BCUT2D eigenvalue weighted by Gasteiger charge is 2.21. The number of nitrogens with zero attached hydrogens (tertiary/aromatic N) is 2. The van der Waals surface area contributed by atoms with Gasteiger partial charge in [0.2, 0.25) is 5.91 Å². The fourth-order valence-electron chi connectivity index (χ4n) is 1.82. The standard InChI is InChI=1S/C16H10FN3O/c17-14-8-11(9-18)6-7-15(14)20-16(21)13(10-19)12-4-2-1-3-5-12/h1-8,13H,(H,20,21). The van der Waals surface area contributed by atoms with Gasteiger partial charge in [-0.25, -0.2) is 4.39 Å². The van der Waals surface area contributed by atoms with Gasteiger partial charge in [0.05, 0.1) is 23.4 Å². The predicted octanol–water partition coefficient (Wildman–Crippen LogP) is 2.94. The summed E-state index contributed by atoms with van der Waals surface area (Å²) in [4.78, 5) is 12.1. The molecule has 0 heterocycles. The minimum Gasteiger partial charge on any atom is -0.322 e. The number of anilines is 1. The van der Waals surface area contributed by atoms with Crippen molar-refractivity contribution in [1.29, 1.82) is 10.5 Å². The summed E-state index contributed by atoms with van der Waals surface area (Å²) in [5.41, 5.74) is 0.632. The molecule has 0 saturated carbocycles. The summed E-state index contributed by atoms with van der Waals surface area (Å²) in [5.74, 6) is -2.36. The third-order valence-electron chi connectivity index (χ3n) is 2.88. The number of carbonyl (C=O) groups is 1. The van der Waals surface area contributed by atoms with E-state index in [1.54, 1.807) is 36.4 Å². The van der Waals surface area contributed by atoms with E-state index in [2.05, 4.69) is 5.32 Å². The van der Waals surface area contributed by atoms with Crippen molar-refractivity contribution in [2.75, 3.05) is 5.32 Å². The molecule has 102 valence electrons.